The van der Waals surface area contributed by atoms with Gasteiger partial charge in [0.25, 0.3) is 5.56 Å². The molecule has 9 heteroatoms. The number of carbonyl (C=O) groups excluding carboxylic acids is 1. The summed E-state index contributed by atoms with van der Waals surface area (Å²) >= 11 is 1.46. The molecule has 30 heavy (non-hydrogen) atoms. The fourth-order valence-corrected chi connectivity index (χ4v) is 6.91. The quantitative estimate of drug-likeness (QED) is 0.602. The first-order chi connectivity index (χ1) is 14.3. The highest BCUT2D eigenvalue weighted by atomic mass is 32.2. The van der Waals surface area contributed by atoms with Gasteiger partial charge in [-0.15, -0.1) is 11.3 Å². The average Bonchev–Trinajstić information content (AvgIpc) is 3.25. The Hall–Kier alpha value is -2.52. The summed E-state index contributed by atoms with van der Waals surface area (Å²) in [5.41, 5.74) is 1.63. The highest BCUT2D eigenvalue weighted by molar-refractivity contribution is 7.91. The SMILES string of the molecule is CCN(C(=O)Cn1cnc2sc(-c3ccccc3)c(C)c2c1=O)C1CCS(=O)(=O)C1. The van der Waals surface area contributed by atoms with Crippen molar-refractivity contribution in [1.29, 1.82) is 0 Å². The van der Waals surface area contributed by atoms with Gasteiger partial charge in [0, 0.05) is 17.5 Å². The van der Waals surface area contributed by atoms with Crippen LogP contribution in [-0.2, 0) is 21.2 Å². The van der Waals surface area contributed by atoms with Crippen LogP contribution in [0.4, 0.5) is 0 Å². The van der Waals surface area contributed by atoms with Crippen molar-refractivity contribution in [1.82, 2.24) is 14.5 Å². The Morgan fingerprint density at radius 3 is 2.67 bits per heavy atom. The number of carbonyl (C=O) groups is 1. The van der Waals surface area contributed by atoms with Crippen LogP contribution in [0.1, 0.15) is 18.9 Å². The van der Waals surface area contributed by atoms with Gasteiger partial charge in [0.15, 0.2) is 9.84 Å². The highest BCUT2D eigenvalue weighted by Crippen LogP contribution is 2.35. The second-order valence-electron chi connectivity index (χ2n) is 7.52. The molecule has 0 aliphatic carbocycles. The number of sulfone groups is 1. The highest BCUT2D eigenvalue weighted by Gasteiger charge is 2.34. The van der Waals surface area contributed by atoms with Gasteiger partial charge in [-0.2, -0.15) is 0 Å². The predicted octanol–water partition coefficient (Wildman–Crippen LogP) is 2.47. The number of hydrogen-bond donors (Lipinski definition) is 0. The Balaban J connectivity index is 1.65. The van der Waals surface area contributed by atoms with Crippen molar-refractivity contribution < 1.29 is 13.2 Å². The second-order valence-corrected chi connectivity index (χ2v) is 10.7. The molecule has 0 saturated carbocycles. The number of aryl methyl sites for hydroxylation is 1. The molecule has 1 amide bonds. The Bertz CT molecular complexity index is 1260. The topological polar surface area (TPSA) is 89.3 Å². The Kier molecular flexibility index (Phi) is 5.50. The molecule has 1 aliphatic heterocycles. The summed E-state index contributed by atoms with van der Waals surface area (Å²) in [7, 11) is -3.10. The summed E-state index contributed by atoms with van der Waals surface area (Å²) in [5, 5.41) is 0.528. The molecular formula is C21H23N3O4S2. The standard InChI is InChI=1S/C21H23N3O4S2/c1-3-24(16-9-10-30(27,28)12-16)17(25)11-23-13-22-20-18(21(23)26)14(2)19(29-20)15-7-5-4-6-8-15/h4-8,13,16H,3,9-12H2,1-2H3. The van der Waals surface area contributed by atoms with E-state index in [4.69, 9.17) is 0 Å². The summed E-state index contributed by atoms with van der Waals surface area (Å²) in [6.45, 7) is 3.97. The number of thiophene rings is 1. The molecule has 3 aromatic rings. The van der Waals surface area contributed by atoms with E-state index in [2.05, 4.69) is 4.98 Å². The molecule has 0 bridgehead atoms. The molecule has 2 aromatic heterocycles. The van der Waals surface area contributed by atoms with Crippen molar-refractivity contribution in [3.8, 4) is 10.4 Å². The molecule has 3 heterocycles. The fraction of sp³-hybridized carbons (Fsp3) is 0.381. The van der Waals surface area contributed by atoms with Gasteiger partial charge in [-0.3, -0.25) is 14.2 Å². The normalized spacial score (nSPS) is 18.0. The van der Waals surface area contributed by atoms with Crippen LogP contribution in [0.2, 0.25) is 0 Å². The van der Waals surface area contributed by atoms with Gasteiger partial charge < -0.3 is 4.90 Å². The van der Waals surface area contributed by atoms with Crippen molar-refractivity contribution in [2.75, 3.05) is 18.1 Å². The van der Waals surface area contributed by atoms with E-state index in [0.29, 0.717) is 23.2 Å². The largest absolute Gasteiger partial charge is 0.337 e. The Morgan fingerprint density at radius 2 is 2.03 bits per heavy atom. The molecule has 1 atom stereocenters. The number of benzene rings is 1. The first-order valence-corrected chi connectivity index (χ1v) is 12.5. The number of fused-ring (bicyclic) bond motifs is 1. The van der Waals surface area contributed by atoms with Crippen molar-refractivity contribution in [3.05, 3.63) is 52.6 Å². The van der Waals surface area contributed by atoms with Crippen LogP contribution in [0.15, 0.2) is 41.5 Å². The van der Waals surface area contributed by atoms with Crippen LogP contribution in [0, 0.1) is 6.92 Å². The fourth-order valence-electron chi connectivity index (χ4n) is 4.03. The monoisotopic (exact) mass is 445 g/mol. The number of likely N-dealkylation sites (N-methyl/N-ethyl adjacent to an activating group) is 1. The van der Waals surface area contributed by atoms with Gasteiger partial charge in [0.1, 0.15) is 11.4 Å². The lowest BCUT2D eigenvalue weighted by atomic mass is 10.1. The maximum absolute atomic E-state index is 13.1. The van der Waals surface area contributed by atoms with E-state index >= 15 is 0 Å². The van der Waals surface area contributed by atoms with Crippen molar-refractivity contribution in [2.24, 2.45) is 0 Å². The molecule has 1 aromatic carbocycles. The number of hydrogen-bond acceptors (Lipinski definition) is 6. The van der Waals surface area contributed by atoms with Crippen LogP contribution >= 0.6 is 11.3 Å². The van der Waals surface area contributed by atoms with Crippen molar-refractivity contribution >= 4 is 37.3 Å². The van der Waals surface area contributed by atoms with Crippen molar-refractivity contribution in [2.45, 2.75) is 32.9 Å². The summed E-state index contributed by atoms with van der Waals surface area (Å²) in [6, 6.07) is 9.51. The molecule has 1 saturated heterocycles. The lowest BCUT2D eigenvalue weighted by Gasteiger charge is -2.27. The molecule has 7 nitrogen and oxygen atoms in total. The summed E-state index contributed by atoms with van der Waals surface area (Å²) in [4.78, 5) is 33.6. The van der Waals surface area contributed by atoms with Crippen LogP contribution in [0.3, 0.4) is 0 Å². The molecular weight excluding hydrogens is 422 g/mol. The number of nitrogens with zero attached hydrogens (tertiary/aromatic N) is 3. The second kappa shape index (κ2) is 7.96. The van der Waals surface area contributed by atoms with Crippen molar-refractivity contribution in [3.63, 3.8) is 0 Å². The zero-order valence-electron chi connectivity index (χ0n) is 16.9. The van der Waals surface area contributed by atoms with Gasteiger partial charge >= 0.3 is 0 Å². The minimum atomic E-state index is -3.10. The summed E-state index contributed by atoms with van der Waals surface area (Å²) in [5.74, 6) is -0.173. The van der Waals surface area contributed by atoms with E-state index in [0.717, 1.165) is 16.0 Å². The van der Waals surface area contributed by atoms with E-state index in [1.165, 1.54) is 22.2 Å². The molecule has 0 radical (unpaired) electrons. The lowest BCUT2D eigenvalue weighted by molar-refractivity contribution is -0.133. The molecule has 0 spiro atoms. The first-order valence-electron chi connectivity index (χ1n) is 9.84. The zero-order valence-corrected chi connectivity index (χ0v) is 18.5. The molecule has 1 fully saturated rings. The maximum Gasteiger partial charge on any atom is 0.262 e. The van der Waals surface area contributed by atoms with E-state index in [1.807, 2.05) is 44.2 Å². The Labute approximate surface area is 178 Å². The summed E-state index contributed by atoms with van der Waals surface area (Å²) < 4.78 is 24.9. The van der Waals surface area contributed by atoms with Crippen LogP contribution in [0.5, 0.6) is 0 Å². The molecule has 1 unspecified atom stereocenters. The van der Waals surface area contributed by atoms with Crippen LogP contribution in [0.25, 0.3) is 20.7 Å². The number of rotatable bonds is 5. The molecule has 0 N–H and O–H groups in total. The van der Waals surface area contributed by atoms with Crippen LogP contribution in [-0.4, -0.2) is 52.9 Å². The van der Waals surface area contributed by atoms with Crippen LogP contribution < -0.4 is 5.56 Å². The maximum atomic E-state index is 13.1. The van der Waals surface area contributed by atoms with Gasteiger partial charge in [-0.1, -0.05) is 30.3 Å². The van der Waals surface area contributed by atoms with Gasteiger partial charge in [0.2, 0.25) is 5.91 Å². The minimum Gasteiger partial charge on any atom is -0.337 e. The van der Waals surface area contributed by atoms with Gasteiger partial charge in [0.05, 0.1) is 23.2 Å². The predicted molar refractivity (Wildman–Crippen MR) is 118 cm³/mol. The average molecular weight is 446 g/mol. The number of aromatic nitrogens is 2. The number of amides is 1. The van der Waals surface area contributed by atoms with E-state index < -0.39 is 9.84 Å². The summed E-state index contributed by atoms with van der Waals surface area (Å²) in [6.07, 6.45) is 1.85. The van der Waals surface area contributed by atoms with E-state index in [-0.39, 0.29) is 35.6 Å². The lowest BCUT2D eigenvalue weighted by Crippen LogP contribution is -2.43. The third-order valence-corrected chi connectivity index (χ3v) is 8.57. The minimum absolute atomic E-state index is 0.0111. The van der Waals surface area contributed by atoms with E-state index in [9.17, 15) is 18.0 Å². The van der Waals surface area contributed by atoms with E-state index in [1.54, 1.807) is 4.90 Å². The molecule has 4 rings (SSSR count). The third-order valence-electron chi connectivity index (χ3n) is 5.57. The Morgan fingerprint density at radius 1 is 1.30 bits per heavy atom. The van der Waals surface area contributed by atoms with Gasteiger partial charge in [-0.05, 0) is 31.4 Å². The first kappa shape index (κ1) is 20.7. The smallest absolute Gasteiger partial charge is 0.262 e. The zero-order chi connectivity index (χ0) is 21.5. The molecule has 1 aliphatic rings. The third kappa shape index (κ3) is 3.79. The van der Waals surface area contributed by atoms with Gasteiger partial charge in [-0.25, -0.2) is 13.4 Å². The molecule has 158 valence electrons.